The summed E-state index contributed by atoms with van der Waals surface area (Å²) in [5.41, 5.74) is 2.17. The molecule has 0 saturated heterocycles. The topological polar surface area (TPSA) is 29.5 Å². The number of benzene rings is 2. The molecule has 2 rings (SSSR count). The molecule has 0 N–H and O–H groups in total. The van der Waals surface area contributed by atoms with Gasteiger partial charge in [-0.1, -0.05) is 60.7 Å². The Balaban J connectivity index is 2.06. The van der Waals surface area contributed by atoms with Gasteiger partial charge < -0.3 is 4.74 Å². The number of nitrogens with zero attached hydrogens (tertiary/aromatic N) is 1. The van der Waals surface area contributed by atoms with E-state index in [1.165, 1.54) is 0 Å². The number of esters is 1. The van der Waals surface area contributed by atoms with Gasteiger partial charge in [0.15, 0.2) is 0 Å². The third-order valence-corrected chi connectivity index (χ3v) is 3.46. The van der Waals surface area contributed by atoms with Crippen molar-refractivity contribution in [2.24, 2.45) is 0 Å². The van der Waals surface area contributed by atoms with Crippen LogP contribution in [0.25, 0.3) is 0 Å². The van der Waals surface area contributed by atoms with Crippen LogP contribution in [0.1, 0.15) is 18.1 Å². The predicted octanol–water partition coefficient (Wildman–Crippen LogP) is 3.59. The second-order valence-corrected chi connectivity index (χ2v) is 5.36. The third kappa shape index (κ3) is 5.83. The lowest BCUT2D eigenvalue weighted by Crippen LogP contribution is -2.34. The van der Waals surface area contributed by atoms with E-state index in [4.69, 9.17) is 4.74 Å². The van der Waals surface area contributed by atoms with Crippen LogP contribution in [-0.2, 0) is 22.6 Å². The lowest BCUT2D eigenvalue weighted by molar-refractivity contribution is -0.149. The maximum atomic E-state index is 14.1. The van der Waals surface area contributed by atoms with E-state index < -0.39 is 12.1 Å². The SMILES string of the molecule is CCOC(=O)[C@@H](F)CN(Cc1ccccc1)Cc1ccccc1. The molecule has 0 radical (unpaired) electrons. The zero-order valence-electron chi connectivity index (χ0n) is 13.3. The van der Waals surface area contributed by atoms with E-state index in [1.54, 1.807) is 6.92 Å². The summed E-state index contributed by atoms with van der Waals surface area (Å²) >= 11 is 0. The Morgan fingerprint density at radius 2 is 1.48 bits per heavy atom. The number of ether oxygens (including phenoxy) is 1. The number of hydrogen-bond donors (Lipinski definition) is 0. The summed E-state index contributed by atoms with van der Waals surface area (Å²) in [5.74, 6) is -0.793. The molecule has 0 aliphatic carbocycles. The Kier molecular flexibility index (Phi) is 6.76. The van der Waals surface area contributed by atoms with E-state index in [2.05, 4.69) is 0 Å². The van der Waals surface area contributed by atoms with Crippen molar-refractivity contribution < 1.29 is 13.9 Å². The molecule has 2 aromatic rings. The van der Waals surface area contributed by atoms with Gasteiger partial charge in [-0.2, -0.15) is 0 Å². The van der Waals surface area contributed by atoms with Gasteiger partial charge in [0, 0.05) is 19.6 Å². The van der Waals surface area contributed by atoms with Gasteiger partial charge in [0.2, 0.25) is 6.17 Å². The highest BCUT2D eigenvalue weighted by Gasteiger charge is 2.22. The average molecular weight is 315 g/mol. The molecule has 3 nitrogen and oxygen atoms in total. The van der Waals surface area contributed by atoms with Crippen LogP contribution in [0.3, 0.4) is 0 Å². The molecule has 0 unspecified atom stereocenters. The molecule has 0 aliphatic rings. The number of halogens is 1. The first-order valence-corrected chi connectivity index (χ1v) is 7.80. The van der Waals surface area contributed by atoms with Crippen LogP contribution in [0.15, 0.2) is 60.7 Å². The molecule has 4 heteroatoms. The molecule has 2 aromatic carbocycles. The van der Waals surface area contributed by atoms with Gasteiger partial charge >= 0.3 is 5.97 Å². The Morgan fingerprint density at radius 1 is 1.00 bits per heavy atom. The van der Waals surface area contributed by atoms with Gasteiger partial charge in [-0.25, -0.2) is 9.18 Å². The van der Waals surface area contributed by atoms with Crippen molar-refractivity contribution in [3.05, 3.63) is 71.8 Å². The molecule has 1 atom stereocenters. The summed E-state index contributed by atoms with van der Waals surface area (Å²) in [6.45, 7) is 3.04. The lowest BCUT2D eigenvalue weighted by Gasteiger charge is -2.23. The zero-order chi connectivity index (χ0) is 16.5. The van der Waals surface area contributed by atoms with Gasteiger partial charge in [-0.15, -0.1) is 0 Å². The Bertz CT molecular complexity index is 547. The Hall–Kier alpha value is -2.20. The van der Waals surface area contributed by atoms with Crippen molar-refractivity contribution in [1.29, 1.82) is 0 Å². The minimum absolute atomic E-state index is 0.0165. The van der Waals surface area contributed by atoms with E-state index >= 15 is 0 Å². The number of alkyl halides is 1. The van der Waals surface area contributed by atoms with Crippen LogP contribution >= 0.6 is 0 Å². The van der Waals surface area contributed by atoms with E-state index in [1.807, 2.05) is 65.6 Å². The van der Waals surface area contributed by atoms with Crippen LogP contribution in [0, 0.1) is 0 Å². The van der Waals surface area contributed by atoms with Crippen molar-refractivity contribution in [3.63, 3.8) is 0 Å². The average Bonchev–Trinajstić information content (AvgIpc) is 2.57. The van der Waals surface area contributed by atoms with Gasteiger partial charge in [0.25, 0.3) is 0 Å². The van der Waals surface area contributed by atoms with E-state index in [0.717, 1.165) is 11.1 Å². The molecule has 0 amide bonds. The van der Waals surface area contributed by atoms with Crippen molar-refractivity contribution in [2.75, 3.05) is 13.2 Å². The van der Waals surface area contributed by atoms with Crippen molar-refractivity contribution in [2.45, 2.75) is 26.2 Å². The van der Waals surface area contributed by atoms with Crippen molar-refractivity contribution in [3.8, 4) is 0 Å². The second-order valence-electron chi connectivity index (χ2n) is 5.36. The van der Waals surface area contributed by atoms with Crippen LogP contribution in [-0.4, -0.2) is 30.2 Å². The van der Waals surface area contributed by atoms with Crippen LogP contribution in [0.2, 0.25) is 0 Å². The number of carbonyl (C=O) groups is 1. The maximum Gasteiger partial charge on any atom is 0.342 e. The van der Waals surface area contributed by atoms with Gasteiger partial charge in [-0.3, -0.25) is 4.90 Å². The fourth-order valence-electron chi connectivity index (χ4n) is 2.40. The molecule has 23 heavy (non-hydrogen) atoms. The van der Waals surface area contributed by atoms with Crippen molar-refractivity contribution in [1.82, 2.24) is 4.90 Å². The lowest BCUT2D eigenvalue weighted by atomic mass is 10.1. The number of rotatable bonds is 8. The summed E-state index contributed by atoms with van der Waals surface area (Å²) in [4.78, 5) is 13.5. The largest absolute Gasteiger partial charge is 0.464 e. The molecule has 0 heterocycles. The number of hydrogen-bond acceptors (Lipinski definition) is 3. The zero-order valence-corrected chi connectivity index (χ0v) is 13.3. The van der Waals surface area contributed by atoms with Gasteiger partial charge in [-0.05, 0) is 18.1 Å². The van der Waals surface area contributed by atoms with E-state index in [9.17, 15) is 9.18 Å². The molecule has 0 saturated carbocycles. The molecule has 0 aliphatic heterocycles. The Morgan fingerprint density at radius 3 is 1.91 bits per heavy atom. The monoisotopic (exact) mass is 315 g/mol. The van der Waals surface area contributed by atoms with Crippen molar-refractivity contribution >= 4 is 5.97 Å². The van der Waals surface area contributed by atoms with Crippen LogP contribution < -0.4 is 0 Å². The smallest absolute Gasteiger partial charge is 0.342 e. The molecule has 0 aromatic heterocycles. The van der Waals surface area contributed by atoms with Gasteiger partial charge in [0.05, 0.1) is 6.61 Å². The Labute approximate surface area is 136 Å². The highest BCUT2D eigenvalue weighted by molar-refractivity contribution is 5.74. The first-order chi connectivity index (χ1) is 11.2. The minimum atomic E-state index is -1.64. The highest BCUT2D eigenvalue weighted by atomic mass is 19.1. The molecule has 0 fully saturated rings. The molecule has 0 bridgehead atoms. The second kappa shape index (κ2) is 9.06. The fraction of sp³-hybridized carbons (Fsp3) is 0.316. The van der Waals surface area contributed by atoms with E-state index in [-0.39, 0.29) is 13.2 Å². The van der Waals surface area contributed by atoms with Crippen LogP contribution in [0.5, 0.6) is 0 Å². The normalized spacial score (nSPS) is 12.1. The number of carbonyl (C=O) groups excluding carboxylic acids is 1. The molecular formula is C19H22FNO2. The minimum Gasteiger partial charge on any atom is -0.464 e. The quantitative estimate of drug-likeness (QED) is 0.697. The fourth-order valence-corrected chi connectivity index (χ4v) is 2.40. The summed E-state index contributed by atoms with van der Waals surface area (Å²) < 4.78 is 18.9. The first kappa shape index (κ1) is 17.2. The summed E-state index contributed by atoms with van der Waals surface area (Å²) in [6.07, 6.45) is -1.64. The molecular weight excluding hydrogens is 293 g/mol. The summed E-state index contributed by atoms with van der Waals surface area (Å²) in [5, 5.41) is 0. The standard InChI is InChI=1S/C19H22FNO2/c1-2-23-19(22)18(20)15-21(13-16-9-5-3-6-10-16)14-17-11-7-4-8-12-17/h3-12,18H,2,13-15H2,1H3/t18-/m0/s1. The summed E-state index contributed by atoms with van der Waals surface area (Å²) in [6, 6.07) is 19.7. The van der Waals surface area contributed by atoms with Crippen LogP contribution in [0.4, 0.5) is 4.39 Å². The van der Waals surface area contributed by atoms with E-state index in [0.29, 0.717) is 13.1 Å². The molecule has 122 valence electrons. The summed E-state index contributed by atoms with van der Waals surface area (Å²) in [7, 11) is 0. The third-order valence-electron chi connectivity index (χ3n) is 3.46. The highest BCUT2D eigenvalue weighted by Crippen LogP contribution is 2.12. The van der Waals surface area contributed by atoms with Gasteiger partial charge in [0.1, 0.15) is 0 Å². The first-order valence-electron chi connectivity index (χ1n) is 7.80. The molecule has 0 spiro atoms. The maximum absolute atomic E-state index is 14.1. The predicted molar refractivity (Wildman–Crippen MR) is 88.5 cm³/mol.